The number of thiophene rings is 1. The topological polar surface area (TPSA) is 0 Å². The molecule has 1 atom stereocenters. The number of hydrogen-bond acceptors (Lipinski definition) is 0. The molecule has 0 spiro atoms. The first kappa shape index (κ1) is 20.7. The van der Waals surface area contributed by atoms with E-state index in [4.69, 9.17) is 0 Å². The van der Waals surface area contributed by atoms with Gasteiger partial charge in [-0.3, -0.25) is 0 Å². The van der Waals surface area contributed by atoms with E-state index in [0.717, 1.165) is 27.7 Å². The highest BCUT2D eigenvalue weighted by molar-refractivity contribution is 7.39. The summed E-state index contributed by atoms with van der Waals surface area (Å²) in [6, 6.07) is 8.76. The van der Waals surface area contributed by atoms with Gasteiger partial charge in [-0.05, 0) is 43.7 Å². The molecule has 0 bridgehead atoms. The van der Waals surface area contributed by atoms with Gasteiger partial charge in [0.15, 0.2) is 14.3 Å². The molecule has 1 heteroatoms. The molecule has 2 aromatic rings. The number of rotatable bonds is 3. The molecule has 138 valence electrons. The molecule has 1 unspecified atom stereocenters. The van der Waals surface area contributed by atoms with Crippen molar-refractivity contribution in [3.63, 3.8) is 0 Å². The van der Waals surface area contributed by atoms with Gasteiger partial charge in [-0.1, -0.05) is 81.2 Å². The summed E-state index contributed by atoms with van der Waals surface area (Å²) in [5.74, 6) is 7.40. The van der Waals surface area contributed by atoms with Crippen LogP contribution in [0.1, 0.15) is 43.2 Å². The van der Waals surface area contributed by atoms with Crippen molar-refractivity contribution < 1.29 is 0 Å². The molecule has 0 radical (unpaired) electrons. The van der Waals surface area contributed by atoms with E-state index in [-0.39, 0.29) is 10.5 Å². The highest BCUT2D eigenvalue weighted by Crippen LogP contribution is 2.33. The summed E-state index contributed by atoms with van der Waals surface area (Å²) in [4.78, 5) is 2.60. The van der Waals surface area contributed by atoms with Crippen LogP contribution in [0.25, 0.3) is 23.6 Å². The van der Waals surface area contributed by atoms with E-state index in [1.165, 1.54) is 15.3 Å². The molecule has 0 nitrogen and oxygen atoms in total. The average molecular weight is 374 g/mol. The Balaban J connectivity index is 0.000000596. The van der Waals surface area contributed by atoms with Crippen LogP contribution in [0, 0.1) is 24.7 Å². The van der Waals surface area contributed by atoms with E-state index < -0.39 is 0 Å². The molecule has 0 aliphatic heterocycles. The first-order valence-corrected chi connectivity index (χ1v) is 10.6. The Labute approximate surface area is 166 Å². The Bertz CT molecular complexity index is 1010. The largest absolute Gasteiger partial charge is 0.195 e. The van der Waals surface area contributed by atoms with Gasteiger partial charge in [0.1, 0.15) is 0 Å². The van der Waals surface area contributed by atoms with E-state index in [1.807, 2.05) is 12.2 Å². The lowest BCUT2D eigenvalue weighted by atomic mass is 10.2. The van der Waals surface area contributed by atoms with E-state index in [1.54, 1.807) is 6.08 Å². The van der Waals surface area contributed by atoms with Gasteiger partial charge in [0.2, 0.25) is 0 Å². The third-order valence-corrected chi connectivity index (χ3v) is 5.99. The van der Waals surface area contributed by atoms with Crippen LogP contribution < -0.4 is 9.75 Å². The zero-order valence-electron chi connectivity index (χ0n) is 16.9. The maximum absolute atomic E-state index is 4.39. The second kappa shape index (κ2) is 9.95. The van der Waals surface area contributed by atoms with Crippen molar-refractivity contribution in [3.8, 4) is 16.7 Å². The molecule has 27 heavy (non-hydrogen) atoms. The summed E-state index contributed by atoms with van der Waals surface area (Å²) in [5.41, 5.74) is 2.40. The summed E-state index contributed by atoms with van der Waals surface area (Å²) in [7, 11) is -0.139. The van der Waals surface area contributed by atoms with E-state index in [2.05, 4.69) is 95.2 Å². The molecular weight excluding hydrogens is 344 g/mol. The van der Waals surface area contributed by atoms with Crippen LogP contribution in [0.15, 0.2) is 55.1 Å². The molecule has 0 saturated heterocycles. The Kier molecular flexibility index (Phi) is 7.65. The Hall–Kier alpha value is -2.56. The smallest absolute Gasteiger partial charge is 0.0991 e. The Morgan fingerprint density at radius 2 is 1.78 bits per heavy atom. The van der Waals surface area contributed by atoms with Crippen molar-refractivity contribution in [1.29, 1.82) is 0 Å². The SMILES string of the molecule is C=C/C=C\C=c1\c2c([s+](-c3ccc(C)cc3)c1=C)C=CCC#C2.CC(C)C. The van der Waals surface area contributed by atoms with Crippen molar-refractivity contribution in [2.24, 2.45) is 5.92 Å². The van der Waals surface area contributed by atoms with Gasteiger partial charge in [-0.2, -0.15) is 0 Å². The second-order valence-electron chi connectivity index (χ2n) is 7.12. The van der Waals surface area contributed by atoms with E-state index >= 15 is 0 Å². The standard InChI is InChI=1S/C22H19S.C4H10/c1-4-5-7-10-20-18(3)23(19-15-13-17(2)14-16-19)22-12-9-6-8-11-21(20)22;1-4(2)3/h4-5,7,9-10,12-16H,1,3,6H2,2H3;4H,1-3H3/q+1;/b7-5-,20-10+;. The number of allylic oxidation sites excluding steroid dienone is 4. The summed E-state index contributed by atoms with van der Waals surface area (Å²) in [6.07, 6.45) is 13.0. The van der Waals surface area contributed by atoms with Crippen LogP contribution in [-0.2, 0) is 0 Å². The van der Waals surface area contributed by atoms with Crippen LogP contribution >= 0.6 is 10.5 Å². The minimum Gasteiger partial charge on any atom is -0.0991 e. The highest BCUT2D eigenvalue weighted by Gasteiger charge is 2.24. The van der Waals surface area contributed by atoms with Crippen LogP contribution in [0.4, 0.5) is 0 Å². The van der Waals surface area contributed by atoms with Gasteiger partial charge in [0.05, 0.1) is 10.8 Å². The molecule has 0 fully saturated rings. The van der Waals surface area contributed by atoms with Crippen molar-refractivity contribution in [2.75, 3.05) is 0 Å². The van der Waals surface area contributed by atoms with Crippen molar-refractivity contribution in [3.05, 3.63) is 80.9 Å². The van der Waals surface area contributed by atoms with Crippen LogP contribution in [0.3, 0.4) is 0 Å². The summed E-state index contributed by atoms with van der Waals surface area (Å²) in [6.45, 7) is 16.7. The highest BCUT2D eigenvalue weighted by atomic mass is 32.2. The quantitative estimate of drug-likeness (QED) is 0.346. The minimum absolute atomic E-state index is 0.139. The second-order valence-corrected chi connectivity index (χ2v) is 9.14. The fraction of sp³-hybridized carbons (Fsp3) is 0.231. The molecule has 0 N–H and O–H groups in total. The lowest BCUT2D eigenvalue weighted by Gasteiger charge is -1.94. The van der Waals surface area contributed by atoms with Crippen molar-refractivity contribution in [1.82, 2.24) is 0 Å². The van der Waals surface area contributed by atoms with Gasteiger partial charge < -0.3 is 0 Å². The van der Waals surface area contributed by atoms with E-state index in [9.17, 15) is 0 Å². The third kappa shape index (κ3) is 5.46. The van der Waals surface area contributed by atoms with E-state index in [0.29, 0.717) is 0 Å². The fourth-order valence-electron chi connectivity index (χ4n) is 2.61. The van der Waals surface area contributed by atoms with Gasteiger partial charge in [-0.15, -0.1) is 0 Å². The Morgan fingerprint density at radius 3 is 2.41 bits per heavy atom. The predicted molar refractivity (Wildman–Crippen MR) is 125 cm³/mol. The van der Waals surface area contributed by atoms with Crippen LogP contribution in [-0.4, -0.2) is 0 Å². The molecule has 1 aliphatic rings. The number of benzene rings is 1. The monoisotopic (exact) mass is 373 g/mol. The van der Waals surface area contributed by atoms with Gasteiger partial charge in [0.25, 0.3) is 0 Å². The minimum atomic E-state index is -0.139. The molecule has 1 aromatic heterocycles. The first-order valence-electron chi connectivity index (χ1n) is 9.35. The van der Waals surface area contributed by atoms with Gasteiger partial charge in [0, 0.05) is 16.9 Å². The fourth-order valence-corrected chi connectivity index (χ4v) is 4.81. The summed E-state index contributed by atoms with van der Waals surface area (Å²) in [5, 5.41) is 1.15. The maximum atomic E-state index is 4.39. The molecule has 1 aromatic carbocycles. The zero-order valence-corrected chi connectivity index (χ0v) is 17.7. The van der Waals surface area contributed by atoms with Gasteiger partial charge >= 0.3 is 0 Å². The van der Waals surface area contributed by atoms with Crippen molar-refractivity contribution in [2.45, 2.75) is 34.1 Å². The predicted octanol–water partition coefficient (Wildman–Crippen LogP) is 6.10. The third-order valence-electron chi connectivity index (χ3n) is 3.75. The van der Waals surface area contributed by atoms with Crippen LogP contribution in [0.5, 0.6) is 0 Å². The van der Waals surface area contributed by atoms with Crippen molar-refractivity contribution >= 4 is 29.2 Å². The number of aryl methyl sites for hydroxylation is 1. The van der Waals surface area contributed by atoms with Crippen LogP contribution in [0.2, 0.25) is 0 Å². The van der Waals surface area contributed by atoms with Gasteiger partial charge in [-0.25, -0.2) is 0 Å². The molecular formula is C26H29S+. The lowest BCUT2D eigenvalue weighted by molar-refractivity contribution is 0.737. The number of hydrogen-bond donors (Lipinski definition) is 0. The Morgan fingerprint density at radius 1 is 1.11 bits per heavy atom. The molecule has 3 rings (SSSR count). The lowest BCUT2D eigenvalue weighted by Crippen LogP contribution is -2.20. The molecule has 1 aliphatic carbocycles. The summed E-state index contributed by atoms with van der Waals surface area (Å²) >= 11 is 0. The average Bonchev–Trinajstić information content (AvgIpc) is 2.77. The maximum Gasteiger partial charge on any atom is 0.195 e. The number of fused-ring (bicyclic) bond motifs is 1. The molecule has 1 heterocycles. The first-order chi connectivity index (χ1) is 13.0. The summed E-state index contributed by atoms with van der Waals surface area (Å²) < 4.78 is 1.15. The normalized spacial score (nSPS) is 13.5. The molecule has 0 saturated carbocycles. The zero-order chi connectivity index (χ0) is 19.8. The molecule has 0 amide bonds.